The molecule has 0 unspecified atom stereocenters. The summed E-state index contributed by atoms with van der Waals surface area (Å²) in [6.07, 6.45) is 1.37. The predicted octanol–water partition coefficient (Wildman–Crippen LogP) is 3.98. The van der Waals surface area contributed by atoms with Gasteiger partial charge in [0.25, 0.3) is 5.91 Å². The van der Waals surface area contributed by atoms with Crippen molar-refractivity contribution in [3.05, 3.63) is 64.2 Å². The number of halogens is 1. The average molecular weight is 371 g/mol. The number of nitrogens with one attached hydrogen (secondary N) is 1. The lowest BCUT2D eigenvalue weighted by Gasteiger charge is -2.09. The van der Waals surface area contributed by atoms with Crippen LogP contribution in [0.25, 0.3) is 6.08 Å². The first-order valence-corrected chi connectivity index (χ1v) is 8.01. The Bertz CT molecular complexity index is 916. The number of carbonyl (C=O) groups excluding carboxylic acids is 1. The fourth-order valence-corrected chi connectivity index (χ4v) is 2.33. The van der Waals surface area contributed by atoms with Crippen LogP contribution in [0.2, 0.25) is 5.02 Å². The van der Waals surface area contributed by atoms with Gasteiger partial charge in [-0.1, -0.05) is 17.7 Å². The minimum atomic E-state index is -1.11. The Balaban J connectivity index is 2.31. The summed E-state index contributed by atoms with van der Waals surface area (Å²) >= 11 is 5.98. The van der Waals surface area contributed by atoms with E-state index in [4.69, 9.17) is 21.4 Å². The van der Waals surface area contributed by atoms with E-state index in [9.17, 15) is 14.9 Å². The SMILES string of the molecule is CCOc1ccc(Cl)cc1C=C(C#N)C(=O)Nc1cccc(C(=O)O)c1. The van der Waals surface area contributed by atoms with Gasteiger partial charge >= 0.3 is 5.97 Å². The van der Waals surface area contributed by atoms with Crippen molar-refractivity contribution < 1.29 is 19.4 Å². The second-order valence-corrected chi connectivity index (χ2v) is 5.56. The number of nitriles is 1. The van der Waals surface area contributed by atoms with Crippen LogP contribution in [-0.2, 0) is 4.79 Å². The van der Waals surface area contributed by atoms with E-state index in [-0.39, 0.29) is 16.8 Å². The van der Waals surface area contributed by atoms with Crippen LogP contribution in [0.1, 0.15) is 22.8 Å². The molecule has 1 amide bonds. The molecule has 0 aliphatic heterocycles. The molecule has 132 valence electrons. The van der Waals surface area contributed by atoms with E-state index in [1.54, 1.807) is 18.2 Å². The van der Waals surface area contributed by atoms with Gasteiger partial charge < -0.3 is 15.2 Å². The third kappa shape index (κ3) is 4.85. The maximum absolute atomic E-state index is 12.4. The van der Waals surface area contributed by atoms with Crippen molar-refractivity contribution in [3.63, 3.8) is 0 Å². The quantitative estimate of drug-likeness (QED) is 0.591. The zero-order valence-electron chi connectivity index (χ0n) is 13.8. The molecule has 0 fully saturated rings. The second kappa shape index (κ2) is 8.70. The Morgan fingerprint density at radius 3 is 2.73 bits per heavy atom. The third-order valence-electron chi connectivity index (χ3n) is 3.30. The number of ether oxygens (including phenoxy) is 1. The van der Waals surface area contributed by atoms with Crippen LogP contribution < -0.4 is 10.1 Å². The first-order valence-electron chi connectivity index (χ1n) is 7.63. The van der Waals surface area contributed by atoms with Gasteiger partial charge in [-0.05, 0) is 49.4 Å². The number of hydrogen-bond acceptors (Lipinski definition) is 4. The highest BCUT2D eigenvalue weighted by atomic mass is 35.5. The first-order chi connectivity index (χ1) is 12.4. The number of anilines is 1. The molecular weight excluding hydrogens is 356 g/mol. The Morgan fingerprint density at radius 2 is 2.08 bits per heavy atom. The van der Waals surface area contributed by atoms with E-state index in [0.29, 0.717) is 22.9 Å². The number of carbonyl (C=O) groups is 2. The van der Waals surface area contributed by atoms with E-state index in [0.717, 1.165) is 0 Å². The molecule has 6 nitrogen and oxygen atoms in total. The number of carboxylic acid groups (broad SMARTS) is 1. The molecule has 7 heteroatoms. The standard InChI is InChI=1S/C19H15ClN2O4/c1-2-26-17-7-6-15(20)9-13(17)8-14(11-21)18(23)22-16-5-3-4-12(10-16)19(24)25/h3-10H,2H2,1H3,(H,22,23)(H,24,25). The van der Waals surface area contributed by atoms with Crippen LogP contribution >= 0.6 is 11.6 Å². The molecule has 0 aromatic heterocycles. The van der Waals surface area contributed by atoms with Crippen LogP contribution in [0.5, 0.6) is 5.75 Å². The van der Waals surface area contributed by atoms with Crippen LogP contribution in [0.4, 0.5) is 5.69 Å². The molecule has 0 saturated heterocycles. The summed E-state index contributed by atoms with van der Waals surface area (Å²) in [5.41, 5.74) is 0.616. The lowest BCUT2D eigenvalue weighted by atomic mass is 10.1. The summed E-state index contributed by atoms with van der Waals surface area (Å²) in [4.78, 5) is 23.4. The number of hydrogen-bond donors (Lipinski definition) is 2. The number of aromatic carboxylic acids is 1. The number of rotatable bonds is 6. The van der Waals surface area contributed by atoms with Crippen molar-refractivity contribution in [1.29, 1.82) is 5.26 Å². The Morgan fingerprint density at radius 1 is 1.31 bits per heavy atom. The van der Waals surface area contributed by atoms with Gasteiger partial charge in [0.05, 0.1) is 12.2 Å². The monoisotopic (exact) mass is 370 g/mol. The molecule has 26 heavy (non-hydrogen) atoms. The molecule has 0 atom stereocenters. The molecule has 2 aromatic rings. The van der Waals surface area contributed by atoms with E-state index < -0.39 is 11.9 Å². The smallest absolute Gasteiger partial charge is 0.335 e. The zero-order valence-corrected chi connectivity index (χ0v) is 14.6. The largest absolute Gasteiger partial charge is 0.493 e. The van der Waals surface area contributed by atoms with Crippen molar-refractivity contribution in [2.24, 2.45) is 0 Å². The summed E-state index contributed by atoms with van der Waals surface area (Å²) in [5, 5.41) is 21.3. The van der Waals surface area contributed by atoms with Crippen molar-refractivity contribution in [1.82, 2.24) is 0 Å². The maximum atomic E-state index is 12.4. The topological polar surface area (TPSA) is 99.4 Å². The molecule has 0 saturated carbocycles. The highest BCUT2D eigenvalue weighted by Crippen LogP contribution is 2.25. The van der Waals surface area contributed by atoms with Gasteiger partial charge in [0.2, 0.25) is 0 Å². The van der Waals surface area contributed by atoms with Crippen molar-refractivity contribution in [2.75, 3.05) is 11.9 Å². The van der Waals surface area contributed by atoms with Gasteiger partial charge in [-0.15, -0.1) is 0 Å². The summed E-state index contributed by atoms with van der Waals surface area (Å²) < 4.78 is 5.47. The van der Waals surface area contributed by atoms with Gasteiger partial charge in [0.1, 0.15) is 17.4 Å². The highest BCUT2D eigenvalue weighted by molar-refractivity contribution is 6.30. The van der Waals surface area contributed by atoms with E-state index in [1.807, 2.05) is 13.0 Å². The normalized spacial score (nSPS) is 10.7. The lowest BCUT2D eigenvalue weighted by molar-refractivity contribution is -0.112. The molecule has 2 aromatic carbocycles. The molecule has 2 N–H and O–H groups in total. The van der Waals surface area contributed by atoms with Gasteiger partial charge in [-0.25, -0.2) is 4.79 Å². The fourth-order valence-electron chi connectivity index (χ4n) is 2.15. The van der Waals surface area contributed by atoms with Crippen LogP contribution in [-0.4, -0.2) is 23.6 Å². The molecule has 0 radical (unpaired) electrons. The fraction of sp³-hybridized carbons (Fsp3) is 0.105. The van der Waals surface area contributed by atoms with Crippen LogP contribution in [0.3, 0.4) is 0 Å². The summed E-state index contributed by atoms with van der Waals surface area (Å²) in [5.74, 6) is -1.29. The van der Waals surface area contributed by atoms with Gasteiger partial charge in [-0.2, -0.15) is 5.26 Å². The molecule has 0 heterocycles. The van der Waals surface area contributed by atoms with Crippen LogP contribution in [0, 0.1) is 11.3 Å². The number of carboxylic acids is 1. The summed E-state index contributed by atoms with van der Waals surface area (Å²) in [6, 6.07) is 12.5. The predicted molar refractivity (Wildman–Crippen MR) is 98.2 cm³/mol. The van der Waals surface area contributed by atoms with Crippen LogP contribution in [0.15, 0.2) is 48.0 Å². The van der Waals surface area contributed by atoms with E-state index in [1.165, 1.54) is 30.3 Å². The lowest BCUT2D eigenvalue weighted by Crippen LogP contribution is -2.14. The second-order valence-electron chi connectivity index (χ2n) is 5.13. The molecule has 2 rings (SSSR count). The summed E-state index contributed by atoms with van der Waals surface area (Å²) in [6.45, 7) is 2.23. The molecule has 0 spiro atoms. The third-order valence-corrected chi connectivity index (χ3v) is 3.54. The Labute approximate surface area is 155 Å². The van der Waals surface area contributed by atoms with Crippen molar-refractivity contribution in [2.45, 2.75) is 6.92 Å². The zero-order chi connectivity index (χ0) is 19.1. The Kier molecular flexibility index (Phi) is 6.36. The van der Waals surface area contributed by atoms with E-state index in [2.05, 4.69) is 5.32 Å². The molecule has 0 aliphatic rings. The van der Waals surface area contributed by atoms with Crippen molar-refractivity contribution >= 4 is 35.2 Å². The number of benzene rings is 2. The molecule has 0 bridgehead atoms. The number of nitrogens with zero attached hydrogens (tertiary/aromatic N) is 1. The first kappa shape index (κ1) is 19.0. The molecular formula is C19H15ClN2O4. The highest BCUT2D eigenvalue weighted by Gasteiger charge is 2.13. The summed E-state index contributed by atoms with van der Waals surface area (Å²) in [7, 11) is 0. The van der Waals surface area contributed by atoms with Gasteiger partial charge in [0, 0.05) is 16.3 Å². The minimum absolute atomic E-state index is 0.0266. The van der Waals surface area contributed by atoms with Crippen molar-refractivity contribution in [3.8, 4) is 11.8 Å². The Hall–Kier alpha value is -3.30. The van der Waals surface area contributed by atoms with Gasteiger partial charge in [-0.3, -0.25) is 4.79 Å². The maximum Gasteiger partial charge on any atom is 0.335 e. The molecule has 0 aliphatic carbocycles. The number of amides is 1. The van der Waals surface area contributed by atoms with E-state index >= 15 is 0 Å². The minimum Gasteiger partial charge on any atom is -0.493 e. The van der Waals surface area contributed by atoms with Gasteiger partial charge in [0.15, 0.2) is 0 Å². The average Bonchev–Trinajstić information content (AvgIpc) is 2.62.